The SMILES string of the molecule is CC(C)(C)OC(=O)[n+]1ccc(-c2ccc3c(Nc4cn(-c5ccccc5)cn4)nc(N4CCC[C@H]4CO)nn23)cc1. The highest BCUT2D eigenvalue weighted by Crippen LogP contribution is 2.30. The molecule has 1 fully saturated rings. The maximum Gasteiger partial charge on any atom is 0.602 e. The summed E-state index contributed by atoms with van der Waals surface area (Å²) in [6.45, 7) is 6.31. The zero-order valence-electron chi connectivity index (χ0n) is 23.3. The molecule has 2 N–H and O–H groups in total. The van der Waals surface area contributed by atoms with Crippen molar-refractivity contribution in [3.8, 4) is 16.9 Å². The van der Waals surface area contributed by atoms with Crippen molar-refractivity contribution in [1.82, 2.24) is 24.1 Å². The van der Waals surface area contributed by atoms with E-state index in [0.29, 0.717) is 17.6 Å². The maximum absolute atomic E-state index is 12.5. The van der Waals surface area contributed by atoms with E-state index in [9.17, 15) is 9.90 Å². The Morgan fingerprint density at radius 2 is 1.90 bits per heavy atom. The summed E-state index contributed by atoms with van der Waals surface area (Å²) in [7, 11) is 0. The number of benzene rings is 1. The molecule has 1 aliphatic heterocycles. The number of pyridine rings is 1. The molecule has 0 saturated carbocycles. The molecular weight excluding hydrogens is 520 g/mol. The number of anilines is 3. The maximum atomic E-state index is 12.5. The Morgan fingerprint density at radius 3 is 2.63 bits per heavy atom. The van der Waals surface area contributed by atoms with Gasteiger partial charge in [0.05, 0.1) is 24.5 Å². The Hall–Kier alpha value is -4.77. The number of hydrogen-bond acceptors (Lipinski definition) is 8. The minimum Gasteiger partial charge on any atom is -0.406 e. The summed E-state index contributed by atoms with van der Waals surface area (Å²) in [6, 6.07) is 17.6. The fourth-order valence-corrected chi connectivity index (χ4v) is 4.99. The van der Waals surface area contributed by atoms with Crippen LogP contribution in [0.1, 0.15) is 33.6 Å². The number of fused-ring (bicyclic) bond motifs is 1. The number of nitrogens with one attached hydrogen (secondary N) is 1. The van der Waals surface area contributed by atoms with Crippen LogP contribution in [-0.4, -0.2) is 60.1 Å². The topological polar surface area (TPSA) is 114 Å². The van der Waals surface area contributed by atoms with Crippen LogP contribution in [-0.2, 0) is 4.74 Å². The third-order valence-corrected chi connectivity index (χ3v) is 6.96. The molecule has 1 atom stereocenters. The molecular formula is C30H33N8O3+. The number of hydrogen-bond donors (Lipinski definition) is 2. The molecule has 0 spiro atoms. The first-order valence-electron chi connectivity index (χ1n) is 13.7. The largest absolute Gasteiger partial charge is 0.602 e. The molecule has 11 heteroatoms. The first-order chi connectivity index (χ1) is 19.8. The number of carbonyl (C=O) groups excluding carboxylic acids is 1. The molecule has 6 rings (SSSR count). The van der Waals surface area contributed by atoms with Gasteiger partial charge in [-0.2, -0.15) is 9.78 Å². The van der Waals surface area contributed by atoms with Crippen molar-refractivity contribution < 1.29 is 19.2 Å². The molecule has 0 unspecified atom stereocenters. The first kappa shape index (κ1) is 26.5. The Labute approximate surface area is 237 Å². The summed E-state index contributed by atoms with van der Waals surface area (Å²) in [5.74, 6) is 1.76. The van der Waals surface area contributed by atoms with E-state index in [1.165, 1.54) is 4.57 Å². The molecule has 4 aromatic heterocycles. The Balaban J connectivity index is 1.38. The first-order valence-corrected chi connectivity index (χ1v) is 13.7. The van der Waals surface area contributed by atoms with E-state index in [-0.39, 0.29) is 12.6 Å². The van der Waals surface area contributed by atoms with E-state index in [0.717, 1.165) is 41.8 Å². The lowest BCUT2D eigenvalue weighted by Crippen LogP contribution is -2.45. The predicted octanol–water partition coefficient (Wildman–Crippen LogP) is 4.36. The summed E-state index contributed by atoms with van der Waals surface area (Å²) in [5, 5.41) is 18.3. The van der Waals surface area contributed by atoms with Crippen LogP contribution in [0.15, 0.2) is 79.5 Å². The number of carbonyl (C=O) groups is 1. The normalized spacial score (nSPS) is 15.4. The molecule has 0 bridgehead atoms. The van der Waals surface area contributed by atoms with Crippen molar-refractivity contribution >= 4 is 29.2 Å². The number of ether oxygens (including phenoxy) is 1. The van der Waals surface area contributed by atoms with Gasteiger partial charge in [-0.3, -0.25) is 0 Å². The molecule has 5 aromatic rings. The van der Waals surface area contributed by atoms with E-state index in [1.807, 2.05) is 90.6 Å². The van der Waals surface area contributed by atoms with Crippen LogP contribution in [0.2, 0.25) is 0 Å². The van der Waals surface area contributed by atoms with Crippen LogP contribution in [0.4, 0.5) is 22.4 Å². The quantitative estimate of drug-likeness (QED) is 0.298. The van der Waals surface area contributed by atoms with Gasteiger partial charge in [0.15, 0.2) is 18.2 Å². The van der Waals surface area contributed by atoms with Crippen LogP contribution in [0, 0.1) is 0 Å². The predicted molar refractivity (Wildman–Crippen MR) is 155 cm³/mol. The summed E-state index contributed by atoms with van der Waals surface area (Å²) < 4.78 is 10.7. The molecule has 0 amide bonds. The number of aliphatic hydroxyl groups is 1. The molecule has 1 aromatic carbocycles. The molecule has 1 saturated heterocycles. The monoisotopic (exact) mass is 553 g/mol. The second-order valence-corrected chi connectivity index (χ2v) is 11.0. The third kappa shape index (κ3) is 5.48. The van der Waals surface area contributed by atoms with Gasteiger partial charge in [-0.05, 0) is 57.9 Å². The van der Waals surface area contributed by atoms with Crippen LogP contribution in [0.25, 0.3) is 22.5 Å². The van der Waals surface area contributed by atoms with E-state index < -0.39 is 11.7 Å². The number of rotatable bonds is 6. The Bertz CT molecular complexity index is 1670. The van der Waals surface area contributed by atoms with E-state index in [2.05, 4.69) is 15.2 Å². The average Bonchev–Trinajstić information content (AvgIpc) is 3.72. The van der Waals surface area contributed by atoms with E-state index in [4.69, 9.17) is 14.8 Å². The second-order valence-electron chi connectivity index (χ2n) is 11.0. The fourth-order valence-electron chi connectivity index (χ4n) is 4.99. The van der Waals surface area contributed by atoms with Gasteiger partial charge in [0.25, 0.3) is 0 Å². The summed E-state index contributed by atoms with van der Waals surface area (Å²) in [6.07, 6.45) is 8.43. The zero-order chi connectivity index (χ0) is 28.6. The van der Waals surface area contributed by atoms with Gasteiger partial charge in [-0.1, -0.05) is 22.8 Å². The van der Waals surface area contributed by atoms with E-state index in [1.54, 1.807) is 18.7 Å². The van der Waals surface area contributed by atoms with Crippen molar-refractivity contribution in [2.75, 3.05) is 23.4 Å². The molecule has 41 heavy (non-hydrogen) atoms. The van der Waals surface area contributed by atoms with Crippen molar-refractivity contribution in [1.29, 1.82) is 0 Å². The van der Waals surface area contributed by atoms with Crippen molar-refractivity contribution in [3.63, 3.8) is 0 Å². The lowest BCUT2D eigenvalue weighted by molar-refractivity contribution is -0.588. The summed E-state index contributed by atoms with van der Waals surface area (Å²) in [4.78, 5) is 24.0. The average molecular weight is 554 g/mol. The second kappa shape index (κ2) is 10.7. The van der Waals surface area contributed by atoms with Gasteiger partial charge in [-0.25, -0.2) is 9.50 Å². The summed E-state index contributed by atoms with van der Waals surface area (Å²) in [5.41, 5.74) is 2.88. The molecule has 0 aliphatic carbocycles. The number of imidazole rings is 1. The van der Waals surface area contributed by atoms with Gasteiger partial charge in [0.1, 0.15) is 23.3 Å². The van der Waals surface area contributed by atoms with Gasteiger partial charge < -0.3 is 24.6 Å². The lowest BCUT2D eigenvalue weighted by Gasteiger charge is -2.23. The minimum absolute atomic E-state index is 0.0352. The van der Waals surface area contributed by atoms with Crippen LogP contribution in [0.3, 0.4) is 0 Å². The molecule has 210 valence electrons. The Morgan fingerprint density at radius 1 is 1.12 bits per heavy atom. The number of aliphatic hydroxyl groups excluding tert-OH is 1. The molecule has 0 radical (unpaired) electrons. The highest BCUT2D eigenvalue weighted by Gasteiger charge is 2.28. The highest BCUT2D eigenvalue weighted by atomic mass is 16.6. The van der Waals surface area contributed by atoms with Crippen LogP contribution >= 0.6 is 0 Å². The number of para-hydroxylation sites is 1. The standard InChI is InChI=1S/C30H33N8O3/c1-30(2,3)41-29(40)35-16-13-21(14-17-35)24-11-12-25-27(32-26-18-36(20-31-26)22-8-5-4-6-9-22)33-28(34-38(24)25)37-15-7-10-23(37)19-39/h4-6,8-9,11-14,16-18,20,23,39H,7,10,15,19H2,1-3H3,(H,32,33,34)/q+1/t23-/m0/s1. The minimum atomic E-state index is -0.587. The smallest absolute Gasteiger partial charge is 0.406 e. The van der Waals surface area contributed by atoms with Gasteiger partial charge in [0.2, 0.25) is 5.95 Å². The highest BCUT2D eigenvalue weighted by molar-refractivity contribution is 5.78. The fraction of sp³-hybridized carbons (Fsp3) is 0.300. The molecule has 5 heterocycles. The van der Waals surface area contributed by atoms with Crippen molar-refractivity contribution in [3.05, 3.63) is 79.5 Å². The van der Waals surface area contributed by atoms with Gasteiger partial charge in [0, 0.05) is 29.9 Å². The summed E-state index contributed by atoms with van der Waals surface area (Å²) >= 11 is 0. The number of nitrogens with zero attached hydrogens (tertiary/aromatic N) is 7. The van der Waals surface area contributed by atoms with E-state index >= 15 is 0 Å². The van der Waals surface area contributed by atoms with Gasteiger partial charge in [-0.15, -0.1) is 5.10 Å². The molecule has 11 nitrogen and oxygen atoms in total. The zero-order valence-corrected chi connectivity index (χ0v) is 23.3. The van der Waals surface area contributed by atoms with Crippen LogP contribution < -0.4 is 14.8 Å². The number of aromatic nitrogens is 6. The third-order valence-electron chi connectivity index (χ3n) is 6.96. The Kier molecular flexibility index (Phi) is 6.88. The van der Waals surface area contributed by atoms with Crippen LogP contribution in [0.5, 0.6) is 0 Å². The van der Waals surface area contributed by atoms with Gasteiger partial charge >= 0.3 is 6.09 Å². The molecule has 1 aliphatic rings. The lowest BCUT2D eigenvalue weighted by atomic mass is 10.2. The van der Waals surface area contributed by atoms with Crippen molar-refractivity contribution in [2.24, 2.45) is 0 Å². The van der Waals surface area contributed by atoms with Crippen molar-refractivity contribution in [2.45, 2.75) is 45.3 Å².